The Hall–Kier alpha value is -0.550. The van der Waals surface area contributed by atoms with E-state index in [0.29, 0.717) is 91.0 Å². The first-order valence-electron chi connectivity index (χ1n) is 21.3. The Morgan fingerprint density at radius 1 is 0.359 bits per heavy atom. The van der Waals surface area contributed by atoms with Crippen molar-refractivity contribution in [2.45, 2.75) is 94.2 Å². The molecule has 0 aromatic heterocycles. The van der Waals surface area contributed by atoms with E-state index >= 15 is 0 Å². The Morgan fingerprint density at radius 2 is 0.688 bits per heavy atom. The Labute approximate surface area is 412 Å². The number of carbonyl (C=O) groups is 8. The fourth-order valence-corrected chi connectivity index (χ4v) is 12.2. The largest absolute Gasteiger partial charge is 0.330 e. The summed E-state index contributed by atoms with van der Waals surface area (Å²) in [5, 5.41) is 3.69. The number of aldehydes is 8. The van der Waals surface area contributed by atoms with Gasteiger partial charge in [0.15, 0.2) is 0 Å². The maximum atomic E-state index is 10.8. The van der Waals surface area contributed by atoms with Crippen LogP contribution in [0.15, 0.2) is 0 Å². The third-order valence-corrected chi connectivity index (χ3v) is 17.4. The van der Waals surface area contributed by atoms with Gasteiger partial charge in [-0.15, -0.1) is 35.3 Å². The summed E-state index contributed by atoms with van der Waals surface area (Å²) in [4.78, 5) is 85.2. The summed E-state index contributed by atoms with van der Waals surface area (Å²) < 4.78 is 0. The van der Waals surface area contributed by atoms with Gasteiger partial charge in [0.2, 0.25) is 0 Å². The maximum Gasteiger partial charge on any atom is 0.132 e. The van der Waals surface area contributed by atoms with Crippen LogP contribution in [0.5, 0.6) is 0 Å². The molecule has 0 heterocycles. The van der Waals surface area contributed by atoms with Crippen LogP contribution < -0.4 is 51.2 Å². The predicted octanol–water partition coefficient (Wildman–Crippen LogP) is -0.00200. The van der Waals surface area contributed by atoms with Crippen molar-refractivity contribution >= 4 is 133 Å². The molecular weight excluding hydrogens is 959 g/mol. The van der Waals surface area contributed by atoms with Gasteiger partial charge >= 0.3 is 0 Å². The fourth-order valence-electron chi connectivity index (χ4n) is 5.05. The third-order valence-electron chi connectivity index (χ3n) is 7.97. The van der Waals surface area contributed by atoms with Crippen LogP contribution in [0.4, 0.5) is 0 Å². The highest BCUT2D eigenvalue weighted by Crippen LogP contribution is 2.28. The number of rotatable bonds is 44. The molecule has 0 aliphatic heterocycles. The zero-order valence-electron chi connectivity index (χ0n) is 37.5. The van der Waals surface area contributed by atoms with Crippen LogP contribution in [0.3, 0.4) is 0 Å². The average molecular weight is 1040 g/mol. The molecule has 0 aromatic carbocycles. The lowest BCUT2D eigenvalue weighted by Crippen LogP contribution is -2.41. The van der Waals surface area contributed by atoms with Crippen molar-refractivity contribution in [3.63, 3.8) is 0 Å². The molecule has 376 valence electrons. The van der Waals surface area contributed by atoms with E-state index in [-0.39, 0.29) is 42.8 Å². The van der Waals surface area contributed by atoms with Gasteiger partial charge < -0.3 is 89.5 Å². The van der Waals surface area contributed by atoms with E-state index in [9.17, 15) is 38.4 Å². The van der Waals surface area contributed by atoms with E-state index in [1.807, 2.05) is 0 Å². The second-order valence-corrected chi connectivity index (χ2v) is 22.5. The first-order chi connectivity index (χ1) is 31.1. The van der Waals surface area contributed by atoms with Crippen molar-refractivity contribution < 1.29 is 38.4 Å². The van der Waals surface area contributed by atoms with E-state index in [0.717, 1.165) is 110 Å². The minimum absolute atomic E-state index is 0.00259. The summed E-state index contributed by atoms with van der Waals surface area (Å²) in [6, 6.07) is 0.00259. The normalized spacial score (nSPS) is 14.4. The van der Waals surface area contributed by atoms with E-state index in [2.05, 4.69) is 5.32 Å². The Balaban J connectivity index is -0.000000375. The molecule has 0 saturated heterocycles. The first kappa shape index (κ1) is 70.0. The molecule has 0 amide bonds. The van der Waals surface area contributed by atoms with Crippen molar-refractivity contribution in [2.24, 2.45) is 45.9 Å². The van der Waals surface area contributed by atoms with Gasteiger partial charge in [-0.25, -0.2) is 0 Å². The smallest absolute Gasteiger partial charge is 0.132 e. The van der Waals surface area contributed by atoms with E-state index in [1.165, 1.54) is 0 Å². The van der Waals surface area contributed by atoms with Crippen LogP contribution in [0.1, 0.15) is 51.4 Å². The number of nitrogens with two attached hydrogens (primary N) is 8. The minimum atomic E-state index is -0.0567. The van der Waals surface area contributed by atoms with Gasteiger partial charge in [0.1, 0.15) is 50.3 Å². The Morgan fingerprint density at radius 3 is 1.03 bits per heavy atom. The lowest BCUT2D eigenvalue weighted by atomic mass is 10.1. The van der Waals surface area contributed by atoms with Gasteiger partial charge in [-0.3, -0.25) is 0 Å². The number of hydrogen-bond donors (Lipinski definition) is 9. The third kappa shape index (κ3) is 46.6. The zero-order chi connectivity index (χ0) is 48.9. The van der Waals surface area contributed by atoms with Crippen molar-refractivity contribution in [3.8, 4) is 0 Å². The monoisotopic (exact) mass is 1040 g/mol. The second kappa shape index (κ2) is 58.6. The van der Waals surface area contributed by atoms with Crippen LogP contribution in [0.2, 0.25) is 0 Å². The van der Waals surface area contributed by atoms with Crippen molar-refractivity contribution in [1.82, 2.24) is 5.32 Å². The summed E-state index contributed by atoms with van der Waals surface area (Å²) >= 11 is 11.3. The average Bonchev–Trinajstić information content (AvgIpc) is 3.31. The van der Waals surface area contributed by atoms with Crippen molar-refractivity contribution in [3.05, 3.63) is 0 Å². The van der Waals surface area contributed by atoms with Crippen LogP contribution >= 0.6 is 82.3 Å². The lowest BCUT2D eigenvalue weighted by Gasteiger charge is -2.24. The number of hydrogen-bond acceptors (Lipinski definition) is 24. The highest BCUT2D eigenvalue weighted by atomic mass is 32.2. The number of thioether (sulfide) groups is 7. The standard InChI is InChI=1S/C10H21N3O2S.3C10H20N2O2S2/c11-3-5-13-9(1-6-14)10(2-7-15)16-8-4-12;11-3-7-15-9(1-5-13)10(2-6-14)16-8-4-12;11-2-5-15-9(1-4-13)7-10(8-14)16-6-3-12;11-3-5-15-9(7-13)1-2-10(8-14)16-6-4-12/h6-7,9-10,13H,1-5,8,11-12H2;5-6,9-10H,1-4,7-8,11-12H2;4,8-10H,1-3,5-7,11-12H2;7-10H,1-6,11-12H2. The zero-order valence-corrected chi connectivity index (χ0v) is 43.2. The molecule has 8 atom stereocenters. The maximum absolute atomic E-state index is 10.8. The number of carbonyl (C=O) groups excluding carboxylic acids is 8. The molecule has 64 heavy (non-hydrogen) atoms. The molecule has 0 bridgehead atoms. The quantitative estimate of drug-likeness (QED) is 0.0363. The molecule has 8 unspecified atom stereocenters. The Kier molecular flexibility index (Phi) is 64.1. The van der Waals surface area contributed by atoms with Crippen LogP contribution in [0.25, 0.3) is 0 Å². The SMILES string of the molecule is NCCNC(CC=O)C(CC=O)SCCN.NCCSC(C=O)CC(CC=O)SCCN.NCCSC(C=O)CCC(C=O)SCCN.NCCSC(CC=O)C(CC=O)SCCN. The summed E-state index contributed by atoms with van der Waals surface area (Å²) in [5.41, 5.74) is 43.3. The molecule has 0 aromatic rings. The van der Waals surface area contributed by atoms with Gasteiger partial charge in [0.05, 0.1) is 15.7 Å². The molecule has 24 heteroatoms. The highest BCUT2D eigenvalue weighted by molar-refractivity contribution is 8.04. The summed E-state index contributed by atoms with van der Waals surface area (Å²) in [6.07, 6.45) is 11.8. The number of nitrogens with one attached hydrogen (secondary N) is 1. The van der Waals surface area contributed by atoms with Crippen LogP contribution in [-0.2, 0) is 38.4 Å². The molecule has 0 aliphatic rings. The predicted molar refractivity (Wildman–Crippen MR) is 283 cm³/mol. The minimum Gasteiger partial charge on any atom is -0.330 e. The highest BCUT2D eigenvalue weighted by Gasteiger charge is 2.22. The topological polar surface area (TPSA) is 357 Å². The van der Waals surface area contributed by atoms with E-state index in [1.54, 1.807) is 82.3 Å². The van der Waals surface area contributed by atoms with E-state index in [4.69, 9.17) is 45.9 Å². The lowest BCUT2D eigenvalue weighted by molar-refractivity contribution is -0.109. The van der Waals surface area contributed by atoms with Gasteiger partial charge in [-0.2, -0.15) is 47.0 Å². The molecule has 0 rings (SSSR count). The van der Waals surface area contributed by atoms with Crippen molar-refractivity contribution in [1.29, 1.82) is 0 Å². The van der Waals surface area contributed by atoms with Crippen LogP contribution in [-0.4, -0.2) is 192 Å². The molecule has 0 radical (unpaired) electrons. The van der Waals surface area contributed by atoms with Crippen molar-refractivity contribution in [2.75, 3.05) is 99.2 Å². The van der Waals surface area contributed by atoms with Gasteiger partial charge in [-0.1, -0.05) is 0 Å². The van der Waals surface area contributed by atoms with Gasteiger partial charge in [-0.05, 0) is 19.3 Å². The molecule has 0 aliphatic carbocycles. The Bertz CT molecular complexity index is 994. The molecule has 0 spiro atoms. The van der Waals surface area contributed by atoms with E-state index < -0.39 is 0 Å². The molecule has 17 N–H and O–H groups in total. The molecular formula is C40H81N9O8S7. The summed E-state index contributed by atoms with van der Waals surface area (Å²) in [5.74, 6) is 5.59. The molecule has 0 saturated carbocycles. The first-order valence-corrected chi connectivity index (χ1v) is 28.7. The van der Waals surface area contributed by atoms with Gasteiger partial charge in [0.25, 0.3) is 0 Å². The summed E-state index contributed by atoms with van der Waals surface area (Å²) in [6.45, 7) is 5.25. The van der Waals surface area contributed by atoms with Crippen LogP contribution in [0, 0.1) is 0 Å². The second-order valence-electron chi connectivity index (χ2n) is 13.1. The van der Waals surface area contributed by atoms with Gasteiger partial charge in [0, 0.05) is 158 Å². The summed E-state index contributed by atoms with van der Waals surface area (Å²) in [7, 11) is 0. The fraction of sp³-hybridized carbons (Fsp3) is 0.800. The molecule has 17 nitrogen and oxygen atoms in total. The molecule has 0 fully saturated rings.